The summed E-state index contributed by atoms with van der Waals surface area (Å²) in [6, 6.07) is 0. The van der Waals surface area contributed by atoms with E-state index in [1.807, 2.05) is 0 Å². The summed E-state index contributed by atoms with van der Waals surface area (Å²) in [5.41, 5.74) is 0. The monoisotopic (exact) mass is 155 g/mol. The molecule has 2 heteroatoms. The van der Waals surface area contributed by atoms with E-state index < -0.39 is 0 Å². The lowest BCUT2D eigenvalue weighted by Gasteiger charge is -2.12. The predicted octanol–water partition coefficient (Wildman–Crippen LogP) is 1.45. The molecule has 0 amide bonds. The summed E-state index contributed by atoms with van der Waals surface area (Å²) in [4.78, 5) is 13.4. The molecule has 1 aliphatic heterocycles. The Kier molecular flexibility index (Phi) is 3.57. The maximum Gasteiger partial charge on any atom is 0.146 e. The molecule has 11 heavy (non-hydrogen) atoms. The van der Waals surface area contributed by atoms with Crippen LogP contribution in [-0.4, -0.2) is 30.3 Å². The SMILES string of the molecule is CCCC(=O)CN1CCCC1. The molecule has 0 aliphatic carbocycles. The molecule has 64 valence electrons. The Labute approximate surface area is 68.6 Å². The van der Waals surface area contributed by atoms with E-state index >= 15 is 0 Å². The summed E-state index contributed by atoms with van der Waals surface area (Å²) in [6.45, 7) is 5.03. The average Bonchev–Trinajstić information content (AvgIpc) is 2.40. The van der Waals surface area contributed by atoms with E-state index in [0.29, 0.717) is 12.3 Å². The fraction of sp³-hybridized carbons (Fsp3) is 0.889. The maximum absolute atomic E-state index is 11.2. The Morgan fingerprint density at radius 2 is 2.00 bits per heavy atom. The third-order valence-electron chi connectivity index (χ3n) is 2.13. The second-order valence-corrected chi connectivity index (χ2v) is 3.27. The van der Waals surface area contributed by atoms with Crippen LogP contribution in [0.4, 0.5) is 0 Å². The molecule has 0 aromatic heterocycles. The van der Waals surface area contributed by atoms with E-state index in [4.69, 9.17) is 0 Å². The highest BCUT2D eigenvalue weighted by Crippen LogP contribution is 2.07. The minimum atomic E-state index is 0.411. The number of likely N-dealkylation sites (tertiary alicyclic amines) is 1. The molecule has 0 radical (unpaired) electrons. The molecule has 1 rings (SSSR count). The van der Waals surface area contributed by atoms with Crippen molar-refractivity contribution < 1.29 is 4.79 Å². The first kappa shape index (κ1) is 8.72. The quantitative estimate of drug-likeness (QED) is 0.612. The van der Waals surface area contributed by atoms with Crippen molar-refractivity contribution >= 4 is 5.78 Å². The van der Waals surface area contributed by atoms with Crippen molar-refractivity contribution in [2.45, 2.75) is 32.6 Å². The number of rotatable bonds is 4. The Hall–Kier alpha value is -0.370. The summed E-state index contributed by atoms with van der Waals surface area (Å²) in [5, 5.41) is 0. The van der Waals surface area contributed by atoms with E-state index in [1.54, 1.807) is 0 Å². The first-order chi connectivity index (χ1) is 5.33. The van der Waals surface area contributed by atoms with Gasteiger partial charge in [-0.1, -0.05) is 6.92 Å². The third-order valence-corrected chi connectivity index (χ3v) is 2.13. The number of Topliss-reactive ketones (excluding diaryl/α,β-unsaturated/α-hetero) is 1. The van der Waals surface area contributed by atoms with E-state index in [1.165, 1.54) is 12.8 Å². The molecular weight excluding hydrogens is 138 g/mol. The molecule has 0 unspecified atom stereocenters. The van der Waals surface area contributed by atoms with Gasteiger partial charge in [-0.3, -0.25) is 9.69 Å². The molecule has 0 aromatic rings. The van der Waals surface area contributed by atoms with Gasteiger partial charge in [-0.05, 0) is 32.4 Å². The maximum atomic E-state index is 11.2. The standard InChI is InChI=1S/C9H17NO/c1-2-5-9(11)8-10-6-3-4-7-10/h2-8H2,1H3. The van der Waals surface area contributed by atoms with Crippen LogP contribution in [0.1, 0.15) is 32.6 Å². The molecule has 0 N–H and O–H groups in total. The number of hydrogen-bond donors (Lipinski definition) is 0. The molecule has 0 bridgehead atoms. The zero-order chi connectivity index (χ0) is 8.10. The molecule has 1 aliphatic rings. The van der Waals surface area contributed by atoms with Crippen molar-refractivity contribution in [3.63, 3.8) is 0 Å². The molecule has 1 heterocycles. The minimum absolute atomic E-state index is 0.411. The van der Waals surface area contributed by atoms with Crippen LogP contribution in [0.3, 0.4) is 0 Å². The van der Waals surface area contributed by atoms with Gasteiger partial charge in [-0.25, -0.2) is 0 Å². The van der Waals surface area contributed by atoms with Gasteiger partial charge < -0.3 is 0 Å². The van der Waals surface area contributed by atoms with Crippen LogP contribution in [0.25, 0.3) is 0 Å². The van der Waals surface area contributed by atoms with E-state index in [-0.39, 0.29) is 0 Å². The van der Waals surface area contributed by atoms with Gasteiger partial charge in [-0.2, -0.15) is 0 Å². The number of hydrogen-bond acceptors (Lipinski definition) is 2. The second kappa shape index (κ2) is 4.50. The fourth-order valence-electron chi connectivity index (χ4n) is 1.55. The van der Waals surface area contributed by atoms with Crippen LogP contribution in [-0.2, 0) is 4.79 Å². The zero-order valence-corrected chi connectivity index (χ0v) is 7.31. The van der Waals surface area contributed by atoms with Crippen molar-refractivity contribution in [1.29, 1.82) is 0 Å². The van der Waals surface area contributed by atoms with Gasteiger partial charge in [0.1, 0.15) is 5.78 Å². The Balaban J connectivity index is 2.13. The summed E-state index contributed by atoms with van der Waals surface area (Å²) < 4.78 is 0. The van der Waals surface area contributed by atoms with Crippen LogP contribution in [0.2, 0.25) is 0 Å². The van der Waals surface area contributed by atoms with Gasteiger partial charge in [-0.15, -0.1) is 0 Å². The lowest BCUT2D eigenvalue weighted by Crippen LogP contribution is -2.26. The van der Waals surface area contributed by atoms with Gasteiger partial charge in [0.2, 0.25) is 0 Å². The third kappa shape index (κ3) is 3.02. The molecule has 0 saturated carbocycles. The van der Waals surface area contributed by atoms with Gasteiger partial charge in [0.15, 0.2) is 0 Å². The Bertz CT molecular complexity index is 128. The highest BCUT2D eigenvalue weighted by atomic mass is 16.1. The Morgan fingerprint density at radius 1 is 1.36 bits per heavy atom. The first-order valence-electron chi connectivity index (χ1n) is 4.57. The van der Waals surface area contributed by atoms with Crippen LogP contribution in [0.5, 0.6) is 0 Å². The summed E-state index contributed by atoms with van der Waals surface area (Å²) in [5.74, 6) is 0.411. The highest BCUT2D eigenvalue weighted by molar-refractivity contribution is 5.80. The van der Waals surface area contributed by atoms with Gasteiger partial charge in [0.05, 0.1) is 6.54 Å². The predicted molar refractivity (Wildman–Crippen MR) is 45.6 cm³/mol. The van der Waals surface area contributed by atoms with Crippen molar-refractivity contribution in [1.82, 2.24) is 4.90 Å². The molecule has 0 spiro atoms. The van der Waals surface area contributed by atoms with E-state index in [2.05, 4.69) is 11.8 Å². The number of carbonyl (C=O) groups excluding carboxylic acids is 1. The molecular formula is C9H17NO. The first-order valence-corrected chi connectivity index (χ1v) is 4.57. The number of ketones is 1. The van der Waals surface area contributed by atoms with E-state index in [0.717, 1.165) is 25.9 Å². The van der Waals surface area contributed by atoms with Gasteiger partial charge in [0, 0.05) is 6.42 Å². The van der Waals surface area contributed by atoms with Gasteiger partial charge in [0.25, 0.3) is 0 Å². The number of carbonyl (C=O) groups is 1. The highest BCUT2D eigenvalue weighted by Gasteiger charge is 2.13. The fourth-order valence-corrected chi connectivity index (χ4v) is 1.55. The lowest BCUT2D eigenvalue weighted by atomic mass is 10.2. The van der Waals surface area contributed by atoms with Crippen LogP contribution in [0, 0.1) is 0 Å². The molecule has 1 fully saturated rings. The van der Waals surface area contributed by atoms with Crippen molar-refractivity contribution in [3.05, 3.63) is 0 Å². The smallest absolute Gasteiger partial charge is 0.146 e. The number of nitrogens with zero attached hydrogens (tertiary/aromatic N) is 1. The average molecular weight is 155 g/mol. The summed E-state index contributed by atoms with van der Waals surface area (Å²) >= 11 is 0. The summed E-state index contributed by atoms with van der Waals surface area (Å²) in [7, 11) is 0. The van der Waals surface area contributed by atoms with Gasteiger partial charge >= 0.3 is 0 Å². The molecule has 2 nitrogen and oxygen atoms in total. The zero-order valence-electron chi connectivity index (χ0n) is 7.31. The van der Waals surface area contributed by atoms with Crippen LogP contribution in [0.15, 0.2) is 0 Å². The molecule has 1 saturated heterocycles. The lowest BCUT2D eigenvalue weighted by molar-refractivity contribution is -0.120. The normalized spacial score (nSPS) is 19.0. The minimum Gasteiger partial charge on any atom is -0.298 e. The van der Waals surface area contributed by atoms with Crippen molar-refractivity contribution in [2.24, 2.45) is 0 Å². The summed E-state index contributed by atoms with van der Waals surface area (Å²) in [6.07, 6.45) is 4.31. The molecule has 0 aromatic carbocycles. The van der Waals surface area contributed by atoms with Crippen LogP contribution < -0.4 is 0 Å². The molecule has 0 atom stereocenters. The van der Waals surface area contributed by atoms with Crippen LogP contribution >= 0.6 is 0 Å². The van der Waals surface area contributed by atoms with Crippen molar-refractivity contribution in [2.75, 3.05) is 19.6 Å². The largest absolute Gasteiger partial charge is 0.298 e. The topological polar surface area (TPSA) is 20.3 Å². The second-order valence-electron chi connectivity index (χ2n) is 3.27. The van der Waals surface area contributed by atoms with Crippen molar-refractivity contribution in [3.8, 4) is 0 Å². The van der Waals surface area contributed by atoms with E-state index in [9.17, 15) is 4.79 Å². The Morgan fingerprint density at radius 3 is 2.55 bits per heavy atom.